The van der Waals surface area contributed by atoms with E-state index < -0.39 is 14.8 Å². The zero-order chi connectivity index (χ0) is 16.2. The number of hydrogen-bond donors (Lipinski definition) is 0. The molecule has 0 radical (unpaired) electrons. The summed E-state index contributed by atoms with van der Waals surface area (Å²) in [4.78, 5) is 11.1. The summed E-state index contributed by atoms with van der Waals surface area (Å²) in [6.07, 6.45) is 3.46. The standard InChI is InChI=1S/C15H13NO4S2/c1-21-14-6-2-12(3-7-14)10-11-22(19,20)15-8-4-13(5-9-15)16(17)18/h2-11H,1H3/b11-10+. The summed E-state index contributed by atoms with van der Waals surface area (Å²) in [5.41, 5.74) is 0.624. The number of sulfone groups is 1. The second kappa shape index (κ2) is 6.76. The largest absolute Gasteiger partial charge is 0.269 e. The second-order valence-electron chi connectivity index (χ2n) is 4.37. The van der Waals surface area contributed by atoms with Crippen LogP contribution in [0.5, 0.6) is 0 Å². The highest BCUT2D eigenvalue weighted by Crippen LogP contribution is 2.19. The highest BCUT2D eigenvalue weighted by Gasteiger charge is 2.12. The molecular weight excluding hydrogens is 322 g/mol. The van der Waals surface area contributed by atoms with Crippen molar-refractivity contribution < 1.29 is 13.3 Å². The zero-order valence-corrected chi connectivity index (χ0v) is 13.3. The van der Waals surface area contributed by atoms with Crippen molar-refractivity contribution in [3.8, 4) is 0 Å². The predicted octanol–water partition coefficient (Wildman–Crippen LogP) is 3.76. The Morgan fingerprint density at radius 1 is 1.05 bits per heavy atom. The molecule has 0 bridgehead atoms. The van der Waals surface area contributed by atoms with E-state index in [0.717, 1.165) is 15.9 Å². The van der Waals surface area contributed by atoms with Crippen LogP contribution in [0, 0.1) is 10.1 Å². The summed E-state index contributed by atoms with van der Waals surface area (Å²) in [6, 6.07) is 12.3. The molecule has 114 valence electrons. The summed E-state index contributed by atoms with van der Waals surface area (Å²) in [5, 5.41) is 11.7. The van der Waals surface area contributed by atoms with E-state index in [1.54, 1.807) is 11.8 Å². The summed E-state index contributed by atoms with van der Waals surface area (Å²) in [7, 11) is -3.62. The number of nitro benzene ring substituents is 1. The predicted molar refractivity (Wildman–Crippen MR) is 87.5 cm³/mol. The Balaban J connectivity index is 2.22. The van der Waals surface area contributed by atoms with E-state index >= 15 is 0 Å². The van der Waals surface area contributed by atoms with Gasteiger partial charge in [-0.25, -0.2) is 8.42 Å². The van der Waals surface area contributed by atoms with E-state index in [9.17, 15) is 18.5 Å². The molecule has 7 heteroatoms. The van der Waals surface area contributed by atoms with Gasteiger partial charge in [0.2, 0.25) is 0 Å². The Hall–Kier alpha value is -2.12. The third kappa shape index (κ3) is 3.96. The Kier molecular flexibility index (Phi) is 4.99. The average molecular weight is 335 g/mol. The van der Waals surface area contributed by atoms with Crippen LogP contribution in [-0.4, -0.2) is 19.6 Å². The molecule has 0 aliphatic rings. The minimum absolute atomic E-state index is 0.0232. The van der Waals surface area contributed by atoms with Crippen molar-refractivity contribution in [2.75, 3.05) is 6.26 Å². The molecule has 0 aliphatic heterocycles. The van der Waals surface area contributed by atoms with Crippen LogP contribution in [-0.2, 0) is 9.84 Å². The van der Waals surface area contributed by atoms with Gasteiger partial charge in [0.15, 0.2) is 9.84 Å². The number of non-ortho nitro benzene ring substituents is 1. The third-order valence-electron chi connectivity index (χ3n) is 2.93. The first-order chi connectivity index (χ1) is 10.4. The monoisotopic (exact) mass is 335 g/mol. The quantitative estimate of drug-likeness (QED) is 0.472. The second-order valence-corrected chi connectivity index (χ2v) is 7.09. The molecule has 0 heterocycles. The van der Waals surface area contributed by atoms with Gasteiger partial charge in [0, 0.05) is 22.4 Å². The van der Waals surface area contributed by atoms with Gasteiger partial charge in [-0.05, 0) is 42.2 Å². The number of benzene rings is 2. The molecule has 0 N–H and O–H groups in total. The molecule has 0 atom stereocenters. The van der Waals surface area contributed by atoms with Crippen molar-refractivity contribution in [3.05, 3.63) is 69.6 Å². The van der Waals surface area contributed by atoms with Crippen molar-refractivity contribution >= 4 is 33.4 Å². The van der Waals surface area contributed by atoms with Gasteiger partial charge >= 0.3 is 0 Å². The van der Waals surface area contributed by atoms with Gasteiger partial charge in [0.25, 0.3) is 5.69 Å². The molecule has 5 nitrogen and oxygen atoms in total. The van der Waals surface area contributed by atoms with Crippen LogP contribution < -0.4 is 0 Å². The summed E-state index contributed by atoms with van der Waals surface area (Å²) in [6.45, 7) is 0. The lowest BCUT2D eigenvalue weighted by Crippen LogP contribution is -1.96. The fourth-order valence-electron chi connectivity index (χ4n) is 1.72. The van der Waals surface area contributed by atoms with Crippen LogP contribution in [0.1, 0.15) is 5.56 Å². The molecule has 0 unspecified atom stereocenters. The topological polar surface area (TPSA) is 77.3 Å². The van der Waals surface area contributed by atoms with Gasteiger partial charge in [-0.1, -0.05) is 12.1 Å². The first-order valence-corrected chi connectivity index (χ1v) is 9.01. The maximum absolute atomic E-state index is 12.1. The molecule has 2 rings (SSSR count). The molecule has 0 amide bonds. The molecule has 22 heavy (non-hydrogen) atoms. The molecule has 0 fully saturated rings. The van der Waals surface area contributed by atoms with Gasteiger partial charge in [0.05, 0.1) is 9.82 Å². The Bertz CT molecular complexity index is 794. The highest BCUT2D eigenvalue weighted by atomic mass is 32.2. The average Bonchev–Trinajstić information content (AvgIpc) is 2.53. The van der Waals surface area contributed by atoms with Gasteiger partial charge in [-0.3, -0.25) is 10.1 Å². The Morgan fingerprint density at radius 2 is 1.64 bits per heavy atom. The number of hydrogen-bond acceptors (Lipinski definition) is 5. The molecule has 2 aromatic rings. The summed E-state index contributed by atoms with van der Waals surface area (Å²) in [5.74, 6) is 0. The fourth-order valence-corrected chi connectivity index (χ4v) is 3.14. The van der Waals surface area contributed by atoms with E-state index in [-0.39, 0.29) is 10.6 Å². The third-order valence-corrected chi connectivity index (χ3v) is 5.10. The first-order valence-electron chi connectivity index (χ1n) is 6.24. The SMILES string of the molecule is CSc1ccc(/C=C/S(=O)(=O)c2ccc([N+](=O)[O-])cc2)cc1. The number of rotatable bonds is 5. The van der Waals surface area contributed by atoms with Gasteiger partial charge in [-0.2, -0.15) is 0 Å². The fraction of sp³-hybridized carbons (Fsp3) is 0.0667. The van der Waals surface area contributed by atoms with Crippen LogP contribution in [0.25, 0.3) is 6.08 Å². The van der Waals surface area contributed by atoms with E-state index in [1.807, 2.05) is 30.5 Å². The number of nitrogens with zero attached hydrogens (tertiary/aromatic N) is 1. The van der Waals surface area contributed by atoms with Gasteiger partial charge < -0.3 is 0 Å². The maximum atomic E-state index is 12.1. The van der Waals surface area contributed by atoms with E-state index in [2.05, 4.69) is 0 Å². The first kappa shape index (κ1) is 16.3. The molecular formula is C15H13NO4S2. The van der Waals surface area contributed by atoms with Crippen LogP contribution in [0.15, 0.2) is 63.7 Å². The van der Waals surface area contributed by atoms with Crippen molar-refractivity contribution in [3.63, 3.8) is 0 Å². The molecule has 0 aliphatic carbocycles. The molecule has 0 aromatic heterocycles. The molecule has 2 aromatic carbocycles. The minimum Gasteiger partial charge on any atom is -0.258 e. The smallest absolute Gasteiger partial charge is 0.258 e. The van der Waals surface area contributed by atoms with Crippen LogP contribution in [0.4, 0.5) is 5.69 Å². The van der Waals surface area contributed by atoms with Crippen LogP contribution in [0.3, 0.4) is 0 Å². The normalized spacial score (nSPS) is 11.7. The van der Waals surface area contributed by atoms with E-state index in [4.69, 9.17) is 0 Å². The minimum atomic E-state index is -3.62. The van der Waals surface area contributed by atoms with Crippen molar-refractivity contribution in [1.29, 1.82) is 0 Å². The van der Waals surface area contributed by atoms with Crippen molar-refractivity contribution in [1.82, 2.24) is 0 Å². The lowest BCUT2D eigenvalue weighted by atomic mass is 10.2. The summed E-state index contributed by atoms with van der Waals surface area (Å²) < 4.78 is 24.3. The van der Waals surface area contributed by atoms with Gasteiger partial charge in [0.1, 0.15) is 0 Å². The lowest BCUT2D eigenvalue weighted by Gasteiger charge is -2.00. The highest BCUT2D eigenvalue weighted by molar-refractivity contribution is 7.98. The molecule has 0 saturated heterocycles. The molecule has 0 spiro atoms. The number of thioether (sulfide) groups is 1. The van der Waals surface area contributed by atoms with Crippen molar-refractivity contribution in [2.24, 2.45) is 0 Å². The Morgan fingerprint density at radius 3 is 2.14 bits per heavy atom. The van der Waals surface area contributed by atoms with E-state index in [1.165, 1.54) is 30.3 Å². The van der Waals surface area contributed by atoms with Crippen LogP contribution >= 0.6 is 11.8 Å². The van der Waals surface area contributed by atoms with Crippen molar-refractivity contribution in [2.45, 2.75) is 9.79 Å². The van der Waals surface area contributed by atoms with E-state index in [0.29, 0.717) is 0 Å². The van der Waals surface area contributed by atoms with Crippen LogP contribution in [0.2, 0.25) is 0 Å². The summed E-state index contributed by atoms with van der Waals surface area (Å²) >= 11 is 1.60. The Labute approximate surface area is 132 Å². The molecule has 0 saturated carbocycles. The zero-order valence-electron chi connectivity index (χ0n) is 11.7. The number of nitro groups is 1. The van der Waals surface area contributed by atoms with Gasteiger partial charge in [-0.15, -0.1) is 11.8 Å². The lowest BCUT2D eigenvalue weighted by molar-refractivity contribution is -0.384. The maximum Gasteiger partial charge on any atom is 0.269 e.